The van der Waals surface area contributed by atoms with Crippen molar-refractivity contribution in [1.29, 1.82) is 0 Å². The van der Waals surface area contributed by atoms with Crippen LogP contribution >= 0.6 is 0 Å². The van der Waals surface area contributed by atoms with Crippen LogP contribution in [0.25, 0.3) is 0 Å². The SMILES string of the molecule is CC.CC.CCCCC(CC)CC. The summed E-state index contributed by atoms with van der Waals surface area (Å²) in [6.45, 7) is 14.9. The Labute approximate surface area is 87.1 Å². The second-order valence-corrected chi connectivity index (χ2v) is 2.82. The van der Waals surface area contributed by atoms with Gasteiger partial charge in [0.15, 0.2) is 0 Å². The smallest absolute Gasteiger partial charge is 0.0420 e. The number of rotatable bonds is 5. The van der Waals surface area contributed by atoms with Crippen LogP contribution in [0, 0.1) is 5.92 Å². The minimum absolute atomic E-state index is 1.00. The highest BCUT2D eigenvalue weighted by Gasteiger charge is 2.00. The second kappa shape index (κ2) is 22.7. The lowest BCUT2D eigenvalue weighted by Crippen LogP contribution is -1.95. The van der Waals surface area contributed by atoms with Crippen molar-refractivity contribution in [3.05, 3.63) is 0 Å². The van der Waals surface area contributed by atoms with E-state index in [1.165, 1.54) is 32.1 Å². The normalized spacial score (nSPS) is 8.31. The third-order valence-corrected chi connectivity index (χ3v) is 2.12. The highest BCUT2D eigenvalue weighted by Crippen LogP contribution is 2.15. The zero-order chi connectivity index (χ0) is 11.1. The molecule has 0 nitrogen and oxygen atoms in total. The van der Waals surface area contributed by atoms with Crippen LogP contribution in [-0.4, -0.2) is 0 Å². The molecule has 0 fully saturated rings. The predicted molar refractivity (Wildman–Crippen MR) is 66.3 cm³/mol. The third-order valence-electron chi connectivity index (χ3n) is 2.12. The zero-order valence-corrected chi connectivity index (χ0v) is 11.1. The fourth-order valence-corrected chi connectivity index (χ4v) is 1.19. The number of hydrogen-bond donors (Lipinski definition) is 0. The van der Waals surface area contributed by atoms with E-state index in [4.69, 9.17) is 0 Å². The fourth-order valence-electron chi connectivity index (χ4n) is 1.19. The molecule has 84 valence electrons. The van der Waals surface area contributed by atoms with Gasteiger partial charge in [-0.25, -0.2) is 0 Å². The number of unbranched alkanes of at least 4 members (excludes halogenated alkanes) is 1. The first-order valence-corrected chi connectivity index (χ1v) is 6.35. The van der Waals surface area contributed by atoms with Crippen LogP contribution in [0.5, 0.6) is 0 Å². The van der Waals surface area contributed by atoms with Gasteiger partial charge in [-0.1, -0.05) is 80.6 Å². The van der Waals surface area contributed by atoms with Gasteiger partial charge in [0.1, 0.15) is 0 Å². The van der Waals surface area contributed by atoms with Crippen LogP contribution in [0.2, 0.25) is 0 Å². The van der Waals surface area contributed by atoms with E-state index >= 15 is 0 Å². The van der Waals surface area contributed by atoms with E-state index in [1.54, 1.807) is 0 Å². The van der Waals surface area contributed by atoms with Gasteiger partial charge in [-0.05, 0) is 5.92 Å². The highest BCUT2D eigenvalue weighted by atomic mass is 14.1. The van der Waals surface area contributed by atoms with Gasteiger partial charge in [0.25, 0.3) is 0 Å². The third kappa shape index (κ3) is 18.8. The van der Waals surface area contributed by atoms with Crippen molar-refractivity contribution in [2.45, 2.75) is 80.6 Å². The Balaban J connectivity index is -0.000000218. The van der Waals surface area contributed by atoms with Crippen molar-refractivity contribution in [3.8, 4) is 0 Å². The largest absolute Gasteiger partial charge is 0.0683 e. The molecule has 0 spiro atoms. The Hall–Kier alpha value is 0. The van der Waals surface area contributed by atoms with Gasteiger partial charge >= 0.3 is 0 Å². The Morgan fingerprint density at radius 1 is 0.769 bits per heavy atom. The molecular formula is C13H32. The molecule has 0 aromatic heterocycles. The van der Waals surface area contributed by atoms with Crippen molar-refractivity contribution in [3.63, 3.8) is 0 Å². The summed E-state index contributed by atoms with van der Waals surface area (Å²) < 4.78 is 0. The Bertz CT molecular complexity index is 44.0. The summed E-state index contributed by atoms with van der Waals surface area (Å²) in [7, 11) is 0. The van der Waals surface area contributed by atoms with E-state index in [2.05, 4.69) is 20.8 Å². The quantitative estimate of drug-likeness (QED) is 0.522. The van der Waals surface area contributed by atoms with Gasteiger partial charge < -0.3 is 0 Å². The van der Waals surface area contributed by atoms with E-state index in [9.17, 15) is 0 Å². The van der Waals surface area contributed by atoms with E-state index < -0.39 is 0 Å². The minimum Gasteiger partial charge on any atom is -0.0683 e. The molecule has 0 N–H and O–H groups in total. The summed E-state index contributed by atoms with van der Waals surface area (Å²) in [6, 6.07) is 0. The van der Waals surface area contributed by atoms with Crippen molar-refractivity contribution >= 4 is 0 Å². The van der Waals surface area contributed by atoms with E-state index in [0.717, 1.165) is 5.92 Å². The Kier molecular flexibility index (Phi) is 32.7. The summed E-state index contributed by atoms with van der Waals surface area (Å²) in [6.07, 6.45) is 6.97. The van der Waals surface area contributed by atoms with Gasteiger partial charge in [0.05, 0.1) is 0 Å². The first kappa shape index (κ1) is 18.7. The molecular weight excluding hydrogens is 156 g/mol. The molecule has 0 aromatic carbocycles. The minimum atomic E-state index is 1.00. The maximum absolute atomic E-state index is 2.30. The maximum atomic E-state index is 2.30. The molecule has 0 aromatic rings. The molecule has 0 heterocycles. The van der Waals surface area contributed by atoms with Crippen LogP contribution in [0.15, 0.2) is 0 Å². The monoisotopic (exact) mass is 188 g/mol. The molecule has 0 aliphatic rings. The molecule has 0 unspecified atom stereocenters. The Morgan fingerprint density at radius 2 is 1.15 bits per heavy atom. The van der Waals surface area contributed by atoms with Gasteiger partial charge in [0.2, 0.25) is 0 Å². The molecule has 0 aliphatic carbocycles. The van der Waals surface area contributed by atoms with Gasteiger partial charge in [0, 0.05) is 0 Å². The van der Waals surface area contributed by atoms with Crippen molar-refractivity contribution in [1.82, 2.24) is 0 Å². The predicted octanol–water partition coefficient (Wildman–Crippen LogP) is 5.67. The average molecular weight is 188 g/mol. The molecule has 0 aliphatic heterocycles. The molecule has 0 amide bonds. The summed E-state index contributed by atoms with van der Waals surface area (Å²) >= 11 is 0. The number of hydrogen-bond acceptors (Lipinski definition) is 0. The molecule has 0 saturated heterocycles. The van der Waals surface area contributed by atoms with E-state index in [1.807, 2.05) is 27.7 Å². The summed E-state index contributed by atoms with van der Waals surface area (Å²) in [4.78, 5) is 0. The van der Waals surface area contributed by atoms with Crippen LogP contribution in [0.4, 0.5) is 0 Å². The molecule has 0 rings (SSSR count). The molecule has 0 bridgehead atoms. The second-order valence-electron chi connectivity index (χ2n) is 2.82. The van der Waals surface area contributed by atoms with Crippen LogP contribution in [0.1, 0.15) is 80.6 Å². The van der Waals surface area contributed by atoms with E-state index in [-0.39, 0.29) is 0 Å². The first-order valence-electron chi connectivity index (χ1n) is 6.35. The highest BCUT2D eigenvalue weighted by molar-refractivity contribution is 4.53. The standard InChI is InChI=1S/C9H20.2C2H6/c1-4-7-8-9(5-2)6-3;2*1-2/h9H,4-8H2,1-3H3;2*1-2H3. The lowest BCUT2D eigenvalue weighted by Gasteiger charge is -2.09. The summed E-state index contributed by atoms with van der Waals surface area (Å²) in [5.74, 6) is 1.00. The first-order chi connectivity index (χ1) is 6.35. The molecule has 0 saturated carbocycles. The summed E-state index contributed by atoms with van der Waals surface area (Å²) in [5.41, 5.74) is 0. The lowest BCUT2D eigenvalue weighted by molar-refractivity contribution is 0.438. The molecule has 0 atom stereocenters. The van der Waals surface area contributed by atoms with Crippen LogP contribution in [0.3, 0.4) is 0 Å². The van der Waals surface area contributed by atoms with Gasteiger partial charge in [-0.2, -0.15) is 0 Å². The molecule has 0 radical (unpaired) electrons. The lowest BCUT2D eigenvalue weighted by atomic mass is 9.97. The van der Waals surface area contributed by atoms with Gasteiger partial charge in [-0.3, -0.25) is 0 Å². The zero-order valence-electron chi connectivity index (χ0n) is 11.1. The fraction of sp³-hybridized carbons (Fsp3) is 1.00. The van der Waals surface area contributed by atoms with Gasteiger partial charge in [-0.15, -0.1) is 0 Å². The summed E-state index contributed by atoms with van der Waals surface area (Å²) in [5, 5.41) is 0. The van der Waals surface area contributed by atoms with Crippen LogP contribution < -0.4 is 0 Å². The van der Waals surface area contributed by atoms with Crippen molar-refractivity contribution in [2.75, 3.05) is 0 Å². The molecule has 13 heavy (non-hydrogen) atoms. The van der Waals surface area contributed by atoms with Crippen molar-refractivity contribution in [2.24, 2.45) is 5.92 Å². The molecule has 0 heteroatoms. The van der Waals surface area contributed by atoms with E-state index in [0.29, 0.717) is 0 Å². The van der Waals surface area contributed by atoms with Crippen molar-refractivity contribution < 1.29 is 0 Å². The maximum Gasteiger partial charge on any atom is -0.0420 e. The topological polar surface area (TPSA) is 0 Å². The van der Waals surface area contributed by atoms with Crippen LogP contribution in [-0.2, 0) is 0 Å². The average Bonchev–Trinajstić information content (AvgIpc) is 2.25. The Morgan fingerprint density at radius 3 is 1.38 bits per heavy atom.